The second kappa shape index (κ2) is 9.98. The Morgan fingerprint density at radius 1 is 1.15 bits per heavy atom. The molecule has 0 heterocycles. The smallest absolute Gasteiger partial charge is 0.223 e. The number of alkyl halides is 1. The molecular weight excluding hydrogens is 314 g/mol. The molecule has 1 amide bonds. The summed E-state index contributed by atoms with van der Waals surface area (Å²) in [5.41, 5.74) is 1.26. The van der Waals surface area contributed by atoms with Gasteiger partial charge in [0.05, 0.1) is 0 Å². The number of carbonyl (C=O) groups excluding carboxylic acids is 1. The number of carbonyl (C=O) groups is 1. The number of benzene rings is 1. The van der Waals surface area contributed by atoms with Gasteiger partial charge in [-0.3, -0.25) is 4.79 Å². The first-order valence-electron chi connectivity index (χ1n) is 7.61. The second-order valence-corrected chi connectivity index (χ2v) is 5.97. The largest absolute Gasteiger partial charge is 0.352 e. The third-order valence-electron chi connectivity index (χ3n) is 3.50. The van der Waals surface area contributed by atoms with E-state index in [1.165, 1.54) is 5.56 Å². The fourth-order valence-electron chi connectivity index (χ4n) is 2.47. The third-order valence-corrected chi connectivity index (χ3v) is 4.28. The highest BCUT2D eigenvalue weighted by atomic mass is 79.9. The first kappa shape index (κ1) is 17.2. The molecule has 0 aliphatic carbocycles. The predicted molar refractivity (Wildman–Crippen MR) is 89.2 cm³/mol. The second-order valence-electron chi connectivity index (χ2n) is 5.32. The van der Waals surface area contributed by atoms with Crippen molar-refractivity contribution < 1.29 is 4.79 Å². The van der Waals surface area contributed by atoms with Gasteiger partial charge in [0.25, 0.3) is 0 Å². The van der Waals surface area contributed by atoms with Gasteiger partial charge in [0.2, 0.25) is 5.91 Å². The average Bonchev–Trinajstić information content (AvgIpc) is 2.47. The van der Waals surface area contributed by atoms with E-state index in [1.807, 2.05) is 18.2 Å². The SMILES string of the molecule is CCCC(CCC)C(=O)NC(CBr)Cc1ccccc1. The van der Waals surface area contributed by atoms with Crippen molar-refractivity contribution in [2.24, 2.45) is 5.92 Å². The highest BCUT2D eigenvalue weighted by Gasteiger charge is 2.19. The molecule has 0 radical (unpaired) electrons. The maximum absolute atomic E-state index is 12.4. The summed E-state index contributed by atoms with van der Waals surface area (Å²) in [7, 11) is 0. The van der Waals surface area contributed by atoms with Gasteiger partial charge in [-0.15, -0.1) is 0 Å². The van der Waals surface area contributed by atoms with Crippen molar-refractivity contribution in [1.29, 1.82) is 0 Å². The zero-order chi connectivity index (χ0) is 14.8. The Bertz CT molecular complexity index is 374. The normalized spacial score (nSPS) is 12.4. The molecule has 3 heteroatoms. The van der Waals surface area contributed by atoms with Crippen LogP contribution in [0.5, 0.6) is 0 Å². The highest BCUT2D eigenvalue weighted by Crippen LogP contribution is 2.15. The summed E-state index contributed by atoms with van der Waals surface area (Å²) in [6.45, 7) is 4.28. The van der Waals surface area contributed by atoms with Gasteiger partial charge >= 0.3 is 0 Å². The Kier molecular flexibility index (Phi) is 8.59. The molecule has 0 bridgehead atoms. The summed E-state index contributed by atoms with van der Waals surface area (Å²) < 4.78 is 0. The minimum absolute atomic E-state index is 0.168. The molecule has 0 spiro atoms. The average molecular weight is 340 g/mol. The molecule has 0 aliphatic heterocycles. The molecule has 0 aliphatic rings. The molecule has 1 N–H and O–H groups in total. The Hall–Kier alpha value is -0.830. The van der Waals surface area contributed by atoms with Gasteiger partial charge in [-0.1, -0.05) is 73.0 Å². The van der Waals surface area contributed by atoms with Gasteiger partial charge in [-0.2, -0.15) is 0 Å². The maximum Gasteiger partial charge on any atom is 0.223 e. The van der Waals surface area contributed by atoms with E-state index in [0.717, 1.165) is 37.4 Å². The third kappa shape index (κ3) is 6.08. The minimum atomic E-state index is 0.168. The number of amides is 1. The van der Waals surface area contributed by atoms with E-state index in [4.69, 9.17) is 0 Å². The summed E-state index contributed by atoms with van der Waals surface area (Å²) in [5, 5.41) is 3.99. The molecule has 1 atom stereocenters. The number of rotatable bonds is 9. The first-order valence-corrected chi connectivity index (χ1v) is 8.73. The van der Waals surface area contributed by atoms with Crippen molar-refractivity contribution in [1.82, 2.24) is 5.32 Å². The number of hydrogen-bond acceptors (Lipinski definition) is 1. The van der Waals surface area contributed by atoms with Crippen LogP contribution in [-0.4, -0.2) is 17.3 Å². The van der Waals surface area contributed by atoms with Crippen LogP contribution in [0.15, 0.2) is 30.3 Å². The lowest BCUT2D eigenvalue weighted by molar-refractivity contribution is -0.126. The van der Waals surface area contributed by atoms with E-state index in [-0.39, 0.29) is 17.9 Å². The molecule has 1 rings (SSSR count). The standard InChI is InChI=1S/C17H26BrNO/c1-3-8-15(9-4-2)17(20)19-16(13-18)12-14-10-6-5-7-11-14/h5-7,10-11,15-16H,3-4,8-9,12-13H2,1-2H3,(H,19,20). The predicted octanol–water partition coefficient (Wildman–Crippen LogP) is 4.33. The van der Waals surface area contributed by atoms with Gasteiger partial charge in [-0.05, 0) is 24.8 Å². The Morgan fingerprint density at radius 3 is 2.25 bits per heavy atom. The molecule has 20 heavy (non-hydrogen) atoms. The summed E-state index contributed by atoms with van der Waals surface area (Å²) in [4.78, 5) is 12.4. The van der Waals surface area contributed by atoms with Crippen LogP contribution in [0.1, 0.15) is 45.1 Å². The summed E-state index contributed by atoms with van der Waals surface area (Å²) in [6.07, 6.45) is 4.98. The molecule has 2 nitrogen and oxygen atoms in total. The zero-order valence-electron chi connectivity index (χ0n) is 12.6. The van der Waals surface area contributed by atoms with Crippen molar-refractivity contribution in [2.75, 3.05) is 5.33 Å². The Balaban J connectivity index is 2.55. The lowest BCUT2D eigenvalue weighted by atomic mass is 9.96. The summed E-state index contributed by atoms with van der Waals surface area (Å²) >= 11 is 3.51. The van der Waals surface area contributed by atoms with E-state index in [9.17, 15) is 4.79 Å². The van der Waals surface area contributed by atoms with Crippen molar-refractivity contribution in [3.05, 3.63) is 35.9 Å². The molecule has 1 aromatic rings. The molecule has 0 saturated heterocycles. The van der Waals surface area contributed by atoms with Gasteiger partial charge in [0.1, 0.15) is 0 Å². The topological polar surface area (TPSA) is 29.1 Å². The molecule has 112 valence electrons. The van der Waals surface area contributed by atoms with Crippen LogP contribution in [-0.2, 0) is 11.2 Å². The Morgan fingerprint density at radius 2 is 1.75 bits per heavy atom. The van der Waals surface area contributed by atoms with Crippen molar-refractivity contribution in [3.8, 4) is 0 Å². The van der Waals surface area contributed by atoms with Gasteiger partial charge in [0.15, 0.2) is 0 Å². The van der Waals surface area contributed by atoms with E-state index in [2.05, 4.69) is 47.2 Å². The Labute approximate surface area is 131 Å². The first-order chi connectivity index (χ1) is 9.71. The van der Waals surface area contributed by atoms with Crippen LogP contribution in [0, 0.1) is 5.92 Å². The fourth-order valence-corrected chi connectivity index (χ4v) is 2.86. The van der Waals surface area contributed by atoms with Gasteiger partial charge in [0, 0.05) is 17.3 Å². The number of halogens is 1. The van der Waals surface area contributed by atoms with E-state index < -0.39 is 0 Å². The van der Waals surface area contributed by atoms with E-state index >= 15 is 0 Å². The molecular formula is C17H26BrNO. The lowest BCUT2D eigenvalue weighted by Crippen LogP contribution is -2.41. The van der Waals surface area contributed by atoms with Gasteiger partial charge in [-0.25, -0.2) is 0 Å². The van der Waals surface area contributed by atoms with Crippen molar-refractivity contribution in [2.45, 2.75) is 52.0 Å². The quantitative estimate of drug-likeness (QED) is 0.666. The van der Waals surface area contributed by atoms with Crippen LogP contribution < -0.4 is 5.32 Å². The summed E-state index contributed by atoms with van der Waals surface area (Å²) in [5.74, 6) is 0.386. The van der Waals surface area contributed by atoms with Crippen LogP contribution in [0.3, 0.4) is 0 Å². The zero-order valence-corrected chi connectivity index (χ0v) is 14.2. The maximum atomic E-state index is 12.4. The monoisotopic (exact) mass is 339 g/mol. The minimum Gasteiger partial charge on any atom is -0.352 e. The molecule has 0 saturated carbocycles. The van der Waals surface area contributed by atoms with Crippen LogP contribution >= 0.6 is 15.9 Å². The lowest BCUT2D eigenvalue weighted by Gasteiger charge is -2.21. The molecule has 1 unspecified atom stereocenters. The summed E-state index contributed by atoms with van der Waals surface area (Å²) in [6, 6.07) is 10.5. The fraction of sp³-hybridized carbons (Fsp3) is 0.588. The van der Waals surface area contributed by atoms with Crippen molar-refractivity contribution >= 4 is 21.8 Å². The van der Waals surface area contributed by atoms with Crippen molar-refractivity contribution in [3.63, 3.8) is 0 Å². The van der Waals surface area contributed by atoms with Crippen LogP contribution in [0.25, 0.3) is 0 Å². The van der Waals surface area contributed by atoms with E-state index in [1.54, 1.807) is 0 Å². The van der Waals surface area contributed by atoms with Crippen LogP contribution in [0.2, 0.25) is 0 Å². The van der Waals surface area contributed by atoms with E-state index in [0.29, 0.717) is 0 Å². The molecule has 0 aromatic heterocycles. The number of hydrogen-bond donors (Lipinski definition) is 1. The highest BCUT2D eigenvalue weighted by molar-refractivity contribution is 9.09. The number of nitrogens with one attached hydrogen (secondary N) is 1. The molecule has 0 fully saturated rings. The van der Waals surface area contributed by atoms with Crippen LogP contribution in [0.4, 0.5) is 0 Å². The van der Waals surface area contributed by atoms with Gasteiger partial charge < -0.3 is 5.32 Å². The molecule has 1 aromatic carbocycles.